The molecule has 0 atom stereocenters. The van der Waals surface area contributed by atoms with Crippen LogP contribution in [-0.2, 0) is 0 Å². The predicted molar refractivity (Wildman–Crippen MR) is 127 cm³/mol. The van der Waals surface area contributed by atoms with Gasteiger partial charge in [-0.25, -0.2) is 14.8 Å². The Kier molecular flexibility index (Phi) is 6.36. The SMILES string of the molecule is CC(C)Oc1ccc(NC(=O)N2CCC(c3ncnc4ccc(I)cc34)CC2)cc1. The second-order valence-electron chi connectivity index (χ2n) is 7.80. The number of likely N-dealkylation sites (tertiary alicyclic amines) is 1. The molecular weight excluding hydrogens is 491 g/mol. The number of anilines is 1. The summed E-state index contributed by atoms with van der Waals surface area (Å²) in [6, 6.07) is 13.7. The summed E-state index contributed by atoms with van der Waals surface area (Å²) in [5.74, 6) is 1.14. The van der Waals surface area contributed by atoms with Crippen molar-refractivity contribution in [3.05, 3.63) is 58.1 Å². The topological polar surface area (TPSA) is 67.3 Å². The number of carbonyl (C=O) groups is 1. The zero-order valence-corrected chi connectivity index (χ0v) is 19.3. The number of carbonyl (C=O) groups excluding carboxylic acids is 1. The maximum atomic E-state index is 12.7. The van der Waals surface area contributed by atoms with Crippen molar-refractivity contribution in [2.75, 3.05) is 18.4 Å². The first kappa shape index (κ1) is 20.8. The first-order chi connectivity index (χ1) is 14.5. The highest BCUT2D eigenvalue weighted by atomic mass is 127. The molecular formula is C23H25IN4O2. The largest absolute Gasteiger partial charge is 0.491 e. The fourth-order valence-electron chi connectivity index (χ4n) is 3.82. The average Bonchev–Trinajstić information content (AvgIpc) is 2.74. The molecule has 1 aliphatic heterocycles. The van der Waals surface area contributed by atoms with Crippen LogP contribution >= 0.6 is 22.6 Å². The van der Waals surface area contributed by atoms with Gasteiger partial charge < -0.3 is 15.0 Å². The maximum Gasteiger partial charge on any atom is 0.321 e. The van der Waals surface area contributed by atoms with Crippen LogP contribution < -0.4 is 10.1 Å². The molecule has 30 heavy (non-hydrogen) atoms. The Bertz CT molecular complexity index is 1030. The van der Waals surface area contributed by atoms with Gasteiger partial charge in [0, 0.05) is 33.7 Å². The highest BCUT2D eigenvalue weighted by Crippen LogP contribution is 2.31. The highest BCUT2D eigenvalue weighted by Gasteiger charge is 2.26. The van der Waals surface area contributed by atoms with Crippen LogP contribution in [0.2, 0.25) is 0 Å². The molecule has 4 rings (SSSR count). The van der Waals surface area contributed by atoms with Gasteiger partial charge in [0.05, 0.1) is 17.3 Å². The standard InChI is InChI=1S/C23H25IN4O2/c1-15(2)30-19-6-4-18(5-7-19)27-23(29)28-11-9-16(10-12-28)22-20-13-17(24)3-8-21(20)25-14-26-22/h3-8,13-16H,9-12H2,1-2H3,(H,27,29). The van der Waals surface area contributed by atoms with Gasteiger partial charge in [-0.1, -0.05) is 0 Å². The van der Waals surface area contributed by atoms with E-state index in [1.165, 1.54) is 3.57 Å². The molecule has 0 spiro atoms. The monoisotopic (exact) mass is 516 g/mol. The minimum Gasteiger partial charge on any atom is -0.491 e. The molecule has 156 valence electrons. The lowest BCUT2D eigenvalue weighted by Crippen LogP contribution is -2.40. The van der Waals surface area contributed by atoms with Crippen LogP contribution in [-0.4, -0.2) is 40.1 Å². The molecule has 0 saturated carbocycles. The molecule has 7 heteroatoms. The second kappa shape index (κ2) is 9.16. The van der Waals surface area contributed by atoms with Gasteiger partial charge in [-0.05, 0) is 91.7 Å². The summed E-state index contributed by atoms with van der Waals surface area (Å²) in [5, 5.41) is 4.11. The normalized spacial score (nSPS) is 14.9. The van der Waals surface area contributed by atoms with E-state index in [4.69, 9.17) is 4.74 Å². The van der Waals surface area contributed by atoms with E-state index in [0.717, 1.165) is 40.9 Å². The van der Waals surface area contributed by atoms with Crippen molar-refractivity contribution in [3.8, 4) is 5.75 Å². The molecule has 1 aliphatic rings. The van der Waals surface area contributed by atoms with Gasteiger partial charge in [-0.2, -0.15) is 0 Å². The number of hydrogen-bond donors (Lipinski definition) is 1. The maximum absolute atomic E-state index is 12.7. The third-order valence-electron chi connectivity index (χ3n) is 5.27. The van der Waals surface area contributed by atoms with Crippen LogP contribution in [0.3, 0.4) is 0 Å². The minimum absolute atomic E-state index is 0.0620. The molecule has 1 saturated heterocycles. The summed E-state index contributed by atoms with van der Waals surface area (Å²) in [4.78, 5) is 23.5. The average molecular weight is 516 g/mol. The number of rotatable bonds is 4. The fourth-order valence-corrected chi connectivity index (χ4v) is 4.31. The molecule has 2 heterocycles. The van der Waals surface area contributed by atoms with E-state index in [1.54, 1.807) is 6.33 Å². The molecule has 1 fully saturated rings. The van der Waals surface area contributed by atoms with Crippen LogP contribution in [0.4, 0.5) is 10.5 Å². The number of halogens is 1. The highest BCUT2D eigenvalue weighted by molar-refractivity contribution is 14.1. The van der Waals surface area contributed by atoms with Gasteiger partial charge in [0.2, 0.25) is 0 Å². The Balaban J connectivity index is 1.38. The summed E-state index contributed by atoms with van der Waals surface area (Å²) in [7, 11) is 0. The third kappa shape index (κ3) is 4.83. The molecule has 2 amide bonds. The first-order valence-electron chi connectivity index (χ1n) is 10.2. The number of amides is 2. The van der Waals surface area contributed by atoms with Crippen molar-refractivity contribution in [2.24, 2.45) is 0 Å². The number of fused-ring (bicyclic) bond motifs is 1. The number of benzene rings is 2. The molecule has 6 nitrogen and oxygen atoms in total. The molecule has 1 aromatic heterocycles. The van der Waals surface area contributed by atoms with Gasteiger partial charge in [-0.3, -0.25) is 0 Å². The van der Waals surface area contributed by atoms with E-state index in [1.807, 2.05) is 49.1 Å². The number of aromatic nitrogens is 2. The van der Waals surface area contributed by atoms with Crippen molar-refractivity contribution >= 4 is 45.2 Å². The van der Waals surface area contributed by atoms with Crippen molar-refractivity contribution in [2.45, 2.75) is 38.7 Å². The third-order valence-corrected chi connectivity index (χ3v) is 5.95. The Hall–Kier alpha value is -2.42. The van der Waals surface area contributed by atoms with E-state index in [-0.39, 0.29) is 12.1 Å². The van der Waals surface area contributed by atoms with Gasteiger partial charge in [0.1, 0.15) is 12.1 Å². The van der Waals surface area contributed by atoms with E-state index < -0.39 is 0 Å². The van der Waals surface area contributed by atoms with Crippen molar-refractivity contribution in [1.29, 1.82) is 0 Å². The zero-order chi connectivity index (χ0) is 21.1. The summed E-state index contributed by atoms with van der Waals surface area (Å²) in [6.45, 7) is 5.40. The Morgan fingerprint density at radius 2 is 1.87 bits per heavy atom. The number of nitrogens with one attached hydrogen (secondary N) is 1. The number of nitrogens with zero attached hydrogens (tertiary/aromatic N) is 3. The van der Waals surface area contributed by atoms with Crippen LogP contribution in [0.1, 0.15) is 38.3 Å². The van der Waals surface area contributed by atoms with E-state index in [9.17, 15) is 4.79 Å². The molecule has 0 unspecified atom stereocenters. The number of piperidine rings is 1. The Labute approximate surface area is 190 Å². The molecule has 3 aromatic rings. The minimum atomic E-state index is -0.0620. The van der Waals surface area contributed by atoms with Crippen LogP contribution in [0.25, 0.3) is 10.9 Å². The summed E-state index contributed by atoms with van der Waals surface area (Å²) in [6.07, 6.45) is 3.57. The van der Waals surface area contributed by atoms with Crippen LogP contribution in [0, 0.1) is 3.57 Å². The quantitative estimate of drug-likeness (QED) is 0.470. The van der Waals surface area contributed by atoms with E-state index >= 15 is 0 Å². The van der Waals surface area contributed by atoms with E-state index in [2.05, 4.69) is 50.0 Å². The Morgan fingerprint density at radius 3 is 2.57 bits per heavy atom. The first-order valence-corrected chi connectivity index (χ1v) is 11.3. The van der Waals surface area contributed by atoms with Gasteiger partial charge in [0.15, 0.2) is 0 Å². The molecule has 1 N–H and O–H groups in total. The van der Waals surface area contributed by atoms with Gasteiger partial charge in [0.25, 0.3) is 0 Å². The summed E-state index contributed by atoms with van der Waals surface area (Å²) < 4.78 is 6.83. The lowest BCUT2D eigenvalue weighted by atomic mass is 9.91. The van der Waals surface area contributed by atoms with Crippen LogP contribution in [0.5, 0.6) is 5.75 Å². The lowest BCUT2D eigenvalue weighted by molar-refractivity contribution is 0.194. The number of urea groups is 1. The summed E-state index contributed by atoms with van der Waals surface area (Å²) >= 11 is 2.32. The fraction of sp³-hybridized carbons (Fsp3) is 0.348. The predicted octanol–water partition coefficient (Wildman–Crippen LogP) is 5.43. The van der Waals surface area contributed by atoms with Gasteiger partial charge >= 0.3 is 6.03 Å². The van der Waals surface area contributed by atoms with Gasteiger partial charge in [-0.15, -0.1) is 0 Å². The smallest absolute Gasteiger partial charge is 0.321 e. The zero-order valence-electron chi connectivity index (χ0n) is 17.1. The van der Waals surface area contributed by atoms with Crippen molar-refractivity contribution in [3.63, 3.8) is 0 Å². The second-order valence-corrected chi connectivity index (χ2v) is 9.05. The van der Waals surface area contributed by atoms with Crippen LogP contribution in [0.15, 0.2) is 48.8 Å². The van der Waals surface area contributed by atoms with Crippen molar-refractivity contribution in [1.82, 2.24) is 14.9 Å². The molecule has 0 aliphatic carbocycles. The van der Waals surface area contributed by atoms with Crippen molar-refractivity contribution < 1.29 is 9.53 Å². The van der Waals surface area contributed by atoms with E-state index in [0.29, 0.717) is 19.0 Å². The number of hydrogen-bond acceptors (Lipinski definition) is 4. The Morgan fingerprint density at radius 1 is 1.13 bits per heavy atom. The lowest BCUT2D eigenvalue weighted by Gasteiger charge is -2.32. The molecule has 0 bridgehead atoms. The molecule has 2 aromatic carbocycles. The number of ether oxygens (including phenoxy) is 1. The summed E-state index contributed by atoms with van der Waals surface area (Å²) in [5.41, 5.74) is 2.85. The molecule has 0 radical (unpaired) electrons.